The van der Waals surface area contributed by atoms with Gasteiger partial charge in [0, 0.05) is 36.1 Å². The van der Waals surface area contributed by atoms with Crippen molar-refractivity contribution in [2.45, 2.75) is 12.5 Å². The fourth-order valence-corrected chi connectivity index (χ4v) is 2.84. The van der Waals surface area contributed by atoms with E-state index in [4.69, 9.17) is 4.74 Å². The molecule has 5 nitrogen and oxygen atoms in total. The van der Waals surface area contributed by atoms with Crippen molar-refractivity contribution in [1.29, 1.82) is 0 Å². The summed E-state index contributed by atoms with van der Waals surface area (Å²) in [7, 11) is 0. The van der Waals surface area contributed by atoms with Crippen molar-refractivity contribution >= 4 is 5.97 Å². The molecule has 6 heteroatoms. The number of pyridine rings is 1. The van der Waals surface area contributed by atoms with Crippen LogP contribution in [0.1, 0.15) is 12.5 Å². The number of cyclic esters (lactones) is 1. The monoisotopic (exact) mass is 323 g/mol. The molecular formula is C18H14FN3O2. The molecule has 0 saturated carbocycles. The first-order valence-electron chi connectivity index (χ1n) is 7.64. The van der Waals surface area contributed by atoms with Gasteiger partial charge >= 0.3 is 5.97 Å². The predicted molar refractivity (Wildman–Crippen MR) is 85.5 cm³/mol. The van der Waals surface area contributed by atoms with Gasteiger partial charge in [-0.3, -0.25) is 9.67 Å². The molecule has 0 radical (unpaired) electrons. The number of nitrogens with zero attached hydrogens (tertiary/aromatic N) is 3. The van der Waals surface area contributed by atoms with Crippen LogP contribution in [0.4, 0.5) is 4.39 Å². The maximum atomic E-state index is 13.2. The number of rotatable bonds is 3. The Morgan fingerprint density at radius 3 is 2.50 bits per heavy atom. The fraction of sp³-hybridized carbons (Fsp3) is 0.167. The lowest BCUT2D eigenvalue weighted by Gasteiger charge is -2.05. The van der Waals surface area contributed by atoms with E-state index in [9.17, 15) is 9.18 Å². The molecule has 3 aromatic rings. The van der Waals surface area contributed by atoms with E-state index in [-0.39, 0.29) is 11.8 Å². The van der Waals surface area contributed by atoms with Crippen molar-refractivity contribution in [2.24, 2.45) is 0 Å². The number of hydrogen-bond acceptors (Lipinski definition) is 4. The Bertz CT molecular complexity index is 875. The molecule has 4 rings (SSSR count). The van der Waals surface area contributed by atoms with Crippen LogP contribution in [0.3, 0.4) is 0 Å². The molecule has 0 N–H and O–H groups in total. The number of ether oxygens (including phenoxy) is 1. The van der Waals surface area contributed by atoms with Crippen molar-refractivity contribution in [3.63, 3.8) is 0 Å². The lowest BCUT2D eigenvalue weighted by molar-refractivity contribution is -0.140. The minimum atomic E-state index is -0.417. The molecule has 1 unspecified atom stereocenters. The lowest BCUT2D eigenvalue weighted by Crippen LogP contribution is -2.14. The zero-order valence-corrected chi connectivity index (χ0v) is 12.7. The summed E-state index contributed by atoms with van der Waals surface area (Å²) in [6.45, 7) is 0.403. The van der Waals surface area contributed by atoms with Crippen molar-refractivity contribution in [2.75, 3.05) is 6.61 Å². The average Bonchev–Trinajstić information content (AvgIpc) is 3.22. The van der Waals surface area contributed by atoms with Crippen LogP contribution in [0.15, 0.2) is 55.0 Å². The molecule has 1 atom stereocenters. The van der Waals surface area contributed by atoms with E-state index in [1.807, 2.05) is 18.3 Å². The number of benzene rings is 1. The Morgan fingerprint density at radius 2 is 1.83 bits per heavy atom. The van der Waals surface area contributed by atoms with Crippen LogP contribution in [0.25, 0.3) is 22.4 Å². The molecule has 1 fully saturated rings. The molecule has 1 aliphatic heterocycles. The van der Waals surface area contributed by atoms with Gasteiger partial charge in [0.15, 0.2) is 6.04 Å². The van der Waals surface area contributed by atoms with Gasteiger partial charge in [-0.1, -0.05) is 0 Å². The van der Waals surface area contributed by atoms with Gasteiger partial charge in [0.05, 0.1) is 6.61 Å². The maximum absolute atomic E-state index is 13.2. The number of hydrogen-bond donors (Lipinski definition) is 0. The first-order valence-corrected chi connectivity index (χ1v) is 7.64. The first-order chi connectivity index (χ1) is 11.7. The molecule has 1 aromatic carbocycles. The van der Waals surface area contributed by atoms with Gasteiger partial charge in [0.2, 0.25) is 0 Å². The quantitative estimate of drug-likeness (QED) is 0.694. The molecule has 1 aliphatic rings. The molecule has 1 saturated heterocycles. The number of aromatic nitrogens is 3. The highest BCUT2D eigenvalue weighted by Crippen LogP contribution is 2.33. The second kappa shape index (κ2) is 5.88. The summed E-state index contributed by atoms with van der Waals surface area (Å²) in [4.78, 5) is 15.9. The molecule has 120 valence electrons. The number of carbonyl (C=O) groups is 1. The minimum Gasteiger partial charge on any atom is -0.464 e. The molecule has 24 heavy (non-hydrogen) atoms. The molecule has 3 heterocycles. The Kier molecular flexibility index (Phi) is 3.57. The standard InChI is InChI=1S/C18H14FN3O2/c19-14-3-1-13(2-4-14)17-15(12-5-8-20-9-6-12)11-22(21-17)16-7-10-24-18(16)23/h1-6,8-9,11,16H,7,10H2. The Hall–Kier alpha value is -3.02. The van der Waals surface area contributed by atoms with E-state index >= 15 is 0 Å². The average molecular weight is 323 g/mol. The molecule has 0 amide bonds. The second-order valence-electron chi connectivity index (χ2n) is 5.59. The zero-order chi connectivity index (χ0) is 16.5. The third-order valence-corrected chi connectivity index (χ3v) is 4.07. The van der Waals surface area contributed by atoms with E-state index in [1.54, 1.807) is 29.2 Å². The van der Waals surface area contributed by atoms with Gasteiger partial charge in [-0.25, -0.2) is 9.18 Å². The lowest BCUT2D eigenvalue weighted by atomic mass is 10.0. The summed E-state index contributed by atoms with van der Waals surface area (Å²) in [6.07, 6.45) is 5.83. The SMILES string of the molecule is O=C1OCCC1n1cc(-c2ccncc2)c(-c2ccc(F)cc2)n1. The smallest absolute Gasteiger partial charge is 0.331 e. The topological polar surface area (TPSA) is 57.0 Å². The van der Waals surface area contributed by atoms with Gasteiger partial charge in [-0.05, 0) is 42.0 Å². The van der Waals surface area contributed by atoms with E-state index in [0.29, 0.717) is 18.7 Å². The van der Waals surface area contributed by atoms with Gasteiger partial charge in [-0.15, -0.1) is 0 Å². The molecule has 0 spiro atoms. The minimum absolute atomic E-state index is 0.274. The Balaban J connectivity index is 1.85. The number of carbonyl (C=O) groups excluding carboxylic acids is 1. The van der Waals surface area contributed by atoms with Gasteiger partial charge in [-0.2, -0.15) is 5.10 Å². The summed E-state index contributed by atoms with van der Waals surface area (Å²) in [6, 6.07) is 9.49. The van der Waals surface area contributed by atoms with Crippen molar-refractivity contribution < 1.29 is 13.9 Å². The van der Waals surface area contributed by atoms with E-state index in [2.05, 4.69) is 10.1 Å². The fourth-order valence-electron chi connectivity index (χ4n) is 2.84. The van der Waals surface area contributed by atoms with Crippen LogP contribution in [-0.2, 0) is 9.53 Å². The first kappa shape index (κ1) is 14.6. The largest absolute Gasteiger partial charge is 0.464 e. The summed E-state index contributed by atoms with van der Waals surface area (Å²) in [5, 5.41) is 4.59. The van der Waals surface area contributed by atoms with Crippen LogP contribution >= 0.6 is 0 Å². The molecule has 0 aliphatic carbocycles. The summed E-state index contributed by atoms with van der Waals surface area (Å²) >= 11 is 0. The van der Waals surface area contributed by atoms with Crippen molar-refractivity contribution in [3.8, 4) is 22.4 Å². The molecule has 2 aromatic heterocycles. The van der Waals surface area contributed by atoms with Crippen LogP contribution in [0.2, 0.25) is 0 Å². The normalized spacial score (nSPS) is 17.0. The van der Waals surface area contributed by atoms with Crippen molar-refractivity contribution in [3.05, 3.63) is 60.8 Å². The summed E-state index contributed by atoms with van der Waals surface area (Å²) < 4.78 is 19.9. The van der Waals surface area contributed by atoms with Crippen LogP contribution in [-0.4, -0.2) is 27.3 Å². The van der Waals surface area contributed by atoms with Gasteiger partial charge in [0.25, 0.3) is 0 Å². The van der Waals surface area contributed by atoms with E-state index < -0.39 is 6.04 Å². The van der Waals surface area contributed by atoms with E-state index in [0.717, 1.165) is 16.7 Å². The third-order valence-electron chi connectivity index (χ3n) is 4.07. The highest BCUT2D eigenvalue weighted by atomic mass is 19.1. The zero-order valence-electron chi connectivity index (χ0n) is 12.7. The Morgan fingerprint density at radius 1 is 1.08 bits per heavy atom. The second-order valence-corrected chi connectivity index (χ2v) is 5.59. The van der Waals surface area contributed by atoms with Crippen molar-refractivity contribution in [1.82, 2.24) is 14.8 Å². The van der Waals surface area contributed by atoms with Gasteiger partial charge < -0.3 is 4.74 Å². The van der Waals surface area contributed by atoms with E-state index in [1.165, 1.54) is 12.1 Å². The molecular weight excluding hydrogens is 309 g/mol. The summed E-state index contributed by atoms with van der Waals surface area (Å²) in [5.74, 6) is -0.576. The number of halogens is 1. The van der Waals surface area contributed by atoms with Gasteiger partial charge in [0.1, 0.15) is 11.5 Å². The third kappa shape index (κ3) is 2.56. The van der Waals surface area contributed by atoms with Crippen LogP contribution in [0, 0.1) is 5.82 Å². The van der Waals surface area contributed by atoms with Crippen LogP contribution in [0.5, 0.6) is 0 Å². The maximum Gasteiger partial charge on any atom is 0.331 e. The highest BCUT2D eigenvalue weighted by molar-refractivity contribution is 5.81. The highest BCUT2D eigenvalue weighted by Gasteiger charge is 2.30. The number of esters is 1. The Labute approximate surface area is 137 Å². The predicted octanol–water partition coefficient (Wildman–Crippen LogP) is 3.24. The van der Waals surface area contributed by atoms with Crippen LogP contribution < -0.4 is 0 Å². The summed E-state index contributed by atoms with van der Waals surface area (Å²) in [5.41, 5.74) is 3.28. The molecule has 0 bridgehead atoms.